The molecule has 0 spiro atoms. The molecular weight excluding hydrogens is 466 g/mol. The average molecular weight is 488 g/mol. The monoisotopic (exact) mass is 487 g/mol. The molecule has 5 rings (SSSR count). The lowest BCUT2D eigenvalue weighted by Crippen LogP contribution is -2.29. The summed E-state index contributed by atoms with van der Waals surface area (Å²) in [7, 11) is 1.61. The minimum absolute atomic E-state index is 0.212. The van der Waals surface area contributed by atoms with Crippen LogP contribution in [0.5, 0.6) is 5.75 Å². The molecule has 0 saturated heterocycles. The summed E-state index contributed by atoms with van der Waals surface area (Å²) in [5.74, 6) is 0.114. The van der Waals surface area contributed by atoms with Crippen LogP contribution >= 0.6 is 11.6 Å². The van der Waals surface area contributed by atoms with Gasteiger partial charge in [-0.25, -0.2) is 4.79 Å². The van der Waals surface area contributed by atoms with Crippen LogP contribution in [0.1, 0.15) is 44.9 Å². The predicted octanol–water partition coefficient (Wildman–Crippen LogP) is 5.67. The van der Waals surface area contributed by atoms with Crippen molar-refractivity contribution in [1.29, 1.82) is 0 Å². The van der Waals surface area contributed by atoms with Gasteiger partial charge in [0, 0.05) is 21.8 Å². The number of H-pyrrole nitrogens is 1. The first-order valence-corrected chi connectivity index (χ1v) is 11.5. The molecule has 7 nitrogen and oxygen atoms in total. The number of hydrogen-bond donors (Lipinski definition) is 1. The number of nitrogens with zero attached hydrogens (tertiary/aromatic N) is 2. The second-order valence-electron chi connectivity index (χ2n) is 7.99. The Hall–Kier alpha value is -4.10. The highest BCUT2D eigenvalue weighted by molar-refractivity contribution is 6.30. The van der Waals surface area contributed by atoms with Gasteiger partial charge in [0.05, 0.1) is 31.0 Å². The van der Waals surface area contributed by atoms with E-state index >= 15 is 0 Å². The number of hydrogen-bond acceptors (Lipinski definition) is 5. The second kappa shape index (κ2) is 9.27. The highest BCUT2D eigenvalue weighted by atomic mass is 35.5. The standard InChI is InChI=1S/C27H22ClN3O4/c1-3-35-27(33)18-6-12-20(13-7-18)31-25(17-4-10-19(28)11-5-17)22-23(29-30-24(22)26(31)32)16-8-14-21(34-2)15-9-16/h4-15,25H,3H2,1-2H3,(H,29,30)/t25-/m1/s1. The van der Waals surface area contributed by atoms with Crippen molar-refractivity contribution in [3.05, 3.63) is 100 Å². The van der Waals surface area contributed by atoms with Gasteiger partial charge in [0.25, 0.3) is 5.91 Å². The number of ether oxygens (including phenoxy) is 2. The predicted molar refractivity (Wildman–Crippen MR) is 133 cm³/mol. The molecule has 35 heavy (non-hydrogen) atoms. The van der Waals surface area contributed by atoms with Gasteiger partial charge in [-0.3, -0.25) is 14.8 Å². The van der Waals surface area contributed by atoms with Crippen LogP contribution < -0.4 is 9.64 Å². The normalized spacial score (nSPS) is 14.7. The SMILES string of the molecule is CCOC(=O)c1ccc(N2C(=O)c3[nH]nc(-c4ccc(OC)cc4)c3[C@H]2c2ccc(Cl)cc2)cc1. The molecule has 1 aliphatic rings. The van der Waals surface area contributed by atoms with Crippen molar-refractivity contribution in [2.24, 2.45) is 0 Å². The summed E-state index contributed by atoms with van der Waals surface area (Å²) < 4.78 is 10.4. The lowest BCUT2D eigenvalue weighted by molar-refractivity contribution is 0.0526. The zero-order valence-corrected chi connectivity index (χ0v) is 19.9. The number of aromatic amines is 1. The number of esters is 1. The Balaban J connectivity index is 1.62. The van der Waals surface area contributed by atoms with Crippen molar-refractivity contribution in [2.45, 2.75) is 13.0 Å². The maximum atomic E-state index is 13.6. The molecule has 8 heteroatoms. The molecule has 1 aliphatic heterocycles. The fourth-order valence-electron chi connectivity index (χ4n) is 4.32. The second-order valence-corrected chi connectivity index (χ2v) is 8.42. The summed E-state index contributed by atoms with van der Waals surface area (Å²) in [5.41, 5.74) is 4.68. The Morgan fingerprint density at radius 3 is 2.34 bits per heavy atom. The molecule has 0 fully saturated rings. The molecule has 3 aromatic carbocycles. The smallest absolute Gasteiger partial charge is 0.338 e. The van der Waals surface area contributed by atoms with Gasteiger partial charge in [0.15, 0.2) is 0 Å². The zero-order valence-electron chi connectivity index (χ0n) is 19.1. The van der Waals surface area contributed by atoms with Crippen molar-refractivity contribution >= 4 is 29.2 Å². The Morgan fingerprint density at radius 2 is 1.71 bits per heavy atom. The Bertz CT molecular complexity index is 1380. The number of amides is 1. The molecule has 1 atom stereocenters. The summed E-state index contributed by atoms with van der Waals surface area (Å²) >= 11 is 6.15. The van der Waals surface area contributed by atoms with E-state index in [-0.39, 0.29) is 5.91 Å². The van der Waals surface area contributed by atoms with Crippen LogP contribution in [0, 0.1) is 0 Å². The fourth-order valence-corrected chi connectivity index (χ4v) is 4.44. The average Bonchev–Trinajstić information content (AvgIpc) is 3.44. The lowest BCUT2D eigenvalue weighted by Gasteiger charge is -2.26. The Morgan fingerprint density at radius 1 is 1.03 bits per heavy atom. The first-order chi connectivity index (χ1) is 17.0. The molecule has 1 aromatic heterocycles. The molecule has 0 bridgehead atoms. The van der Waals surface area contributed by atoms with Gasteiger partial charge >= 0.3 is 5.97 Å². The number of benzene rings is 3. The molecule has 0 aliphatic carbocycles. The van der Waals surface area contributed by atoms with E-state index in [0.29, 0.717) is 34.3 Å². The number of nitrogens with one attached hydrogen (secondary N) is 1. The van der Waals surface area contributed by atoms with Crippen LogP contribution in [0.4, 0.5) is 5.69 Å². The molecule has 176 valence electrons. The number of rotatable bonds is 6. The Labute approximate surface area is 207 Å². The van der Waals surface area contributed by atoms with E-state index in [1.807, 2.05) is 36.4 Å². The quantitative estimate of drug-likeness (QED) is 0.354. The van der Waals surface area contributed by atoms with Crippen LogP contribution in [0.15, 0.2) is 72.8 Å². The van der Waals surface area contributed by atoms with Gasteiger partial charge in [0.2, 0.25) is 0 Å². The van der Waals surface area contributed by atoms with Crippen molar-refractivity contribution in [1.82, 2.24) is 10.2 Å². The van der Waals surface area contributed by atoms with Gasteiger partial charge in [-0.15, -0.1) is 0 Å². The molecule has 2 heterocycles. The number of carbonyl (C=O) groups excluding carboxylic acids is 2. The number of aromatic nitrogens is 2. The van der Waals surface area contributed by atoms with Crippen LogP contribution in [0.25, 0.3) is 11.3 Å². The summed E-state index contributed by atoms with van der Waals surface area (Å²) in [6, 6.07) is 21.3. The van der Waals surface area contributed by atoms with Crippen LogP contribution in [-0.4, -0.2) is 35.8 Å². The van der Waals surface area contributed by atoms with Crippen LogP contribution in [0.2, 0.25) is 5.02 Å². The number of halogens is 1. The molecular formula is C27H22ClN3O4. The van der Waals surface area contributed by atoms with E-state index in [1.54, 1.807) is 55.3 Å². The highest BCUT2D eigenvalue weighted by Gasteiger charge is 2.43. The third-order valence-corrected chi connectivity index (χ3v) is 6.23. The van der Waals surface area contributed by atoms with Gasteiger partial charge in [-0.2, -0.15) is 5.10 Å². The Kier molecular flexibility index (Phi) is 6.01. The summed E-state index contributed by atoms with van der Waals surface area (Å²) in [4.78, 5) is 27.4. The van der Waals surface area contributed by atoms with Gasteiger partial charge in [-0.1, -0.05) is 23.7 Å². The van der Waals surface area contributed by atoms with E-state index in [4.69, 9.17) is 21.1 Å². The van der Waals surface area contributed by atoms with E-state index in [9.17, 15) is 9.59 Å². The largest absolute Gasteiger partial charge is 0.497 e. The lowest BCUT2D eigenvalue weighted by atomic mass is 9.96. The molecule has 0 radical (unpaired) electrons. The van der Waals surface area contributed by atoms with Crippen molar-refractivity contribution in [3.63, 3.8) is 0 Å². The molecule has 4 aromatic rings. The molecule has 1 N–H and O–H groups in total. The highest BCUT2D eigenvalue weighted by Crippen LogP contribution is 2.45. The maximum absolute atomic E-state index is 13.6. The third-order valence-electron chi connectivity index (χ3n) is 5.97. The zero-order chi connectivity index (χ0) is 24.5. The summed E-state index contributed by atoms with van der Waals surface area (Å²) in [5, 5.41) is 8.04. The molecule has 0 saturated carbocycles. The summed E-state index contributed by atoms with van der Waals surface area (Å²) in [6.45, 7) is 2.05. The minimum atomic E-state index is -0.445. The van der Waals surface area contributed by atoms with Crippen molar-refractivity contribution in [2.75, 3.05) is 18.6 Å². The van der Waals surface area contributed by atoms with Gasteiger partial charge in [0.1, 0.15) is 11.4 Å². The van der Waals surface area contributed by atoms with E-state index in [1.165, 1.54) is 0 Å². The van der Waals surface area contributed by atoms with Crippen LogP contribution in [0.3, 0.4) is 0 Å². The number of anilines is 1. The van der Waals surface area contributed by atoms with Gasteiger partial charge in [-0.05, 0) is 73.2 Å². The van der Waals surface area contributed by atoms with Crippen molar-refractivity contribution in [3.8, 4) is 17.0 Å². The number of carbonyl (C=O) groups is 2. The van der Waals surface area contributed by atoms with Gasteiger partial charge < -0.3 is 9.47 Å². The van der Waals surface area contributed by atoms with Crippen LogP contribution in [-0.2, 0) is 4.74 Å². The molecule has 0 unspecified atom stereocenters. The van der Waals surface area contributed by atoms with E-state index < -0.39 is 12.0 Å². The fraction of sp³-hybridized carbons (Fsp3) is 0.148. The topological polar surface area (TPSA) is 84.5 Å². The first kappa shape index (κ1) is 22.7. The number of fused-ring (bicyclic) bond motifs is 1. The maximum Gasteiger partial charge on any atom is 0.338 e. The van der Waals surface area contributed by atoms with Crippen molar-refractivity contribution < 1.29 is 19.1 Å². The molecule has 1 amide bonds. The first-order valence-electron chi connectivity index (χ1n) is 11.1. The summed E-state index contributed by atoms with van der Waals surface area (Å²) in [6.07, 6.45) is 0. The number of methoxy groups -OCH3 is 1. The minimum Gasteiger partial charge on any atom is -0.497 e. The van der Waals surface area contributed by atoms with E-state index in [0.717, 1.165) is 22.4 Å². The van der Waals surface area contributed by atoms with E-state index in [2.05, 4.69) is 10.2 Å². The third kappa shape index (κ3) is 4.04.